The minimum atomic E-state index is -0.915. The number of rotatable bonds is 12. The minimum absolute atomic E-state index is 0.270. The van der Waals surface area contributed by atoms with Crippen LogP contribution in [0.1, 0.15) is 31.4 Å². The molecule has 0 spiro atoms. The molecule has 7 nitrogen and oxygen atoms in total. The molecule has 3 rings (SSSR count). The largest absolute Gasteiger partial charge is 0.494 e. The number of ether oxygens (including phenoxy) is 2. The quantitative estimate of drug-likeness (QED) is 0.236. The van der Waals surface area contributed by atoms with Crippen LogP contribution in [0.3, 0.4) is 0 Å². The van der Waals surface area contributed by atoms with E-state index in [-0.39, 0.29) is 11.4 Å². The molecule has 3 aromatic carbocycles. The van der Waals surface area contributed by atoms with E-state index in [4.69, 9.17) is 32.7 Å². The maximum atomic E-state index is 13.0. The number of hydrogen-bond donors (Lipinski definition) is 2. The lowest BCUT2D eigenvalue weighted by Gasteiger charge is -2.21. The molecule has 0 aromatic heterocycles. The normalized spacial score (nSPS) is 12.5. The molecule has 3 aromatic rings. The van der Waals surface area contributed by atoms with Gasteiger partial charge in [0, 0.05) is 11.4 Å². The van der Waals surface area contributed by atoms with E-state index in [1.54, 1.807) is 19.1 Å². The highest BCUT2D eigenvalue weighted by Gasteiger charge is 2.25. The number of amides is 2. The van der Waals surface area contributed by atoms with Crippen molar-refractivity contribution in [3.63, 3.8) is 0 Å². The first-order valence-electron chi connectivity index (χ1n) is 11.9. The summed E-state index contributed by atoms with van der Waals surface area (Å²) in [6.45, 7) is 4.26. The number of benzene rings is 3. The second kappa shape index (κ2) is 14.3. The Bertz CT molecular complexity index is 1200. The van der Waals surface area contributed by atoms with Crippen LogP contribution in [0.15, 0.2) is 77.9 Å². The number of nitrogens with zero attached hydrogens (tertiary/aromatic N) is 1. The summed E-state index contributed by atoms with van der Waals surface area (Å²) in [7, 11) is 0. The molecule has 0 aliphatic heterocycles. The summed E-state index contributed by atoms with van der Waals surface area (Å²) in [5.41, 5.74) is 4.18. The average Bonchev–Trinajstić information content (AvgIpc) is 2.89. The van der Waals surface area contributed by atoms with E-state index < -0.39 is 24.0 Å². The highest BCUT2D eigenvalue weighted by atomic mass is 35.5. The number of carbonyl (C=O) groups is 2. The van der Waals surface area contributed by atoms with Crippen LogP contribution >= 0.6 is 23.2 Å². The van der Waals surface area contributed by atoms with Crippen LogP contribution in [0, 0.1) is 0 Å². The van der Waals surface area contributed by atoms with Crippen molar-refractivity contribution >= 4 is 41.2 Å². The number of hydrazone groups is 1. The zero-order valence-electron chi connectivity index (χ0n) is 20.6. The molecular weight excluding hydrogens is 513 g/mol. The van der Waals surface area contributed by atoms with Gasteiger partial charge in [0.05, 0.1) is 17.8 Å². The first-order valence-corrected chi connectivity index (χ1v) is 12.6. The Morgan fingerprint density at radius 3 is 2.41 bits per heavy atom. The molecule has 0 heterocycles. The van der Waals surface area contributed by atoms with E-state index >= 15 is 0 Å². The fraction of sp³-hybridized carbons (Fsp3) is 0.250. The summed E-state index contributed by atoms with van der Waals surface area (Å²) in [6, 6.07) is 20.6. The molecule has 0 aliphatic rings. The molecule has 0 saturated heterocycles. The van der Waals surface area contributed by atoms with Gasteiger partial charge in [-0.15, -0.1) is 0 Å². The Morgan fingerprint density at radius 1 is 1.00 bits per heavy atom. The third-order valence-corrected chi connectivity index (χ3v) is 5.75. The third kappa shape index (κ3) is 9.12. The van der Waals surface area contributed by atoms with Crippen LogP contribution in [0.2, 0.25) is 10.0 Å². The third-order valence-electron chi connectivity index (χ3n) is 5.22. The number of carbonyl (C=O) groups excluding carboxylic acids is 2. The summed E-state index contributed by atoms with van der Waals surface area (Å²) in [4.78, 5) is 25.9. The van der Waals surface area contributed by atoms with Crippen molar-refractivity contribution in [2.24, 2.45) is 5.10 Å². The first kappa shape index (κ1) is 28.0. The lowest BCUT2D eigenvalue weighted by molar-refractivity contribution is -0.132. The molecule has 37 heavy (non-hydrogen) atoms. The average molecular weight is 542 g/mol. The summed E-state index contributed by atoms with van der Waals surface area (Å²) < 4.78 is 11.3. The number of hydrogen-bond acceptors (Lipinski definition) is 5. The van der Waals surface area contributed by atoms with Crippen LogP contribution in [-0.4, -0.2) is 36.8 Å². The second-order valence-electron chi connectivity index (χ2n) is 8.24. The van der Waals surface area contributed by atoms with Gasteiger partial charge in [-0.05, 0) is 66.9 Å². The monoisotopic (exact) mass is 541 g/mol. The van der Waals surface area contributed by atoms with Crippen LogP contribution < -0.4 is 20.2 Å². The minimum Gasteiger partial charge on any atom is -0.494 e. The number of halogens is 2. The molecule has 0 unspecified atom stereocenters. The van der Waals surface area contributed by atoms with Crippen molar-refractivity contribution < 1.29 is 19.1 Å². The highest BCUT2D eigenvalue weighted by molar-refractivity contribution is 6.35. The molecular formula is C28H29Cl2N3O4. The lowest BCUT2D eigenvalue weighted by atomic mass is 10.1. The van der Waals surface area contributed by atoms with Crippen LogP contribution in [0.5, 0.6) is 11.5 Å². The van der Waals surface area contributed by atoms with Crippen molar-refractivity contribution in [1.82, 2.24) is 10.7 Å². The maximum absolute atomic E-state index is 13.0. The van der Waals surface area contributed by atoms with Gasteiger partial charge in [0.2, 0.25) is 0 Å². The molecule has 0 bridgehead atoms. The van der Waals surface area contributed by atoms with Gasteiger partial charge in [-0.2, -0.15) is 5.10 Å². The first-order chi connectivity index (χ1) is 17.9. The molecule has 194 valence electrons. The van der Waals surface area contributed by atoms with Gasteiger partial charge in [0.1, 0.15) is 17.5 Å². The standard InChI is InChI=1S/C28H29Cl2N3O4/c1-3-15-36-23-12-9-21(10-13-23)18-31-33-28(35)25(16-20-7-5-4-6-8-20)32-27(34)19(2)37-26-14-11-22(29)17-24(26)30/h4-14,17-19,25H,3,15-16H2,1-2H3,(H,32,34)(H,33,35)/b31-18-/t19-,25-/m1/s1. The van der Waals surface area contributed by atoms with E-state index in [9.17, 15) is 9.59 Å². The van der Waals surface area contributed by atoms with Gasteiger partial charge in [0.25, 0.3) is 11.8 Å². The van der Waals surface area contributed by atoms with Gasteiger partial charge < -0.3 is 14.8 Å². The van der Waals surface area contributed by atoms with E-state index in [0.29, 0.717) is 17.4 Å². The van der Waals surface area contributed by atoms with Gasteiger partial charge in [-0.3, -0.25) is 9.59 Å². The summed E-state index contributed by atoms with van der Waals surface area (Å²) in [6.07, 6.45) is 1.81. The molecule has 2 amide bonds. The molecule has 0 saturated carbocycles. The zero-order valence-corrected chi connectivity index (χ0v) is 22.1. The fourth-order valence-corrected chi connectivity index (χ4v) is 3.73. The molecule has 0 radical (unpaired) electrons. The van der Waals surface area contributed by atoms with Crippen molar-refractivity contribution in [1.29, 1.82) is 0 Å². The van der Waals surface area contributed by atoms with E-state index in [0.717, 1.165) is 23.3 Å². The van der Waals surface area contributed by atoms with Crippen molar-refractivity contribution in [3.8, 4) is 11.5 Å². The van der Waals surface area contributed by atoms with Gasteiger partial charge in [0.15, 0.2) is 6.10 Å². The molecule has 0 aliphatic carbocycles. The summed E-state index contributed by atoms with van der Waals surface area (Å²) in [5, 5.41) is 7.55. The maximum Gasteiger partial charge on any atom is 0.262 e. The zero-order chi connectivity index (χ0) is 26.6. The van der Waals surface area contributed by atoms with Crippen LogP contribution in [0.4, 0.5) is 0 Å². The Kier molecular flexibility index (Phi) is 10.8. The van der Waals surface area contributed by atoms with Crippen LogP contribution in [-0.2, 0) is 16.0 Å². The lowest BCUT2D eigenvalue weighted by Crippen LogP contribution is -2.50. The Balaban J connectivity index is 1.64. The van der Waals surface area contributed by atoms with E-state index in [1.165, 1.54) is 12.3 Å². The Hall–Kier alpha value is -3.55. The SMILES string of the molecule is CCCOc1ccc(/C=N\NC(=O)[C@@H](Cc2ccccc2)NC(=O)[C@@H](C)Oc2ccc(Cl)cc2Cl)cc1. The number of nitrogens with one attached hydrogen (secondary N) is 2. The predicted octanol–water partition coefficient (Wildman–Crippen LogP) is 5.43. The van der Waals surface area contributed by atoms with Gasteiger partial charge in [-0.25, -0.2) is 5.43 Å². The van der Waals surface area contributed by atoms with Crippen molar-refractivity contribution in [2.75, 3.05) is 6.61 Å². The molecule has 9 heteroatoms. The summed E-state index contributed by atoms with van der Waals surface area (Å²) >= 11 is 12.1. The smallest absolute Gasteiger partial charge is 0.262 e. The predicted molar refractivity (Wildman–Crippen MR) is 147 cm³/mol. The van der Waals surface area contributed by atoms with Gasteiger partial charge >= 0.3 is 0 Å². The van der Waals surface area contributed by atoms with E-state index in [1.807, 2.05) is 61.5 Å². The highest BCUT2D eigenvalue weighted by Crippen LogP contribution is 2.28. The van der Waals surface area contributed by atoms with E-state index in [2.05, 4.69) is 15.8 Å². The second-order valence-corrected chi connectivity index (χ2v) is 9.08. The topological polar surface area (TPSA) is 89.0 Å². The molecule has 2 N–H and O–H groups in total. The van der Waals surface area contributed by atoms with Crippen LogP contribution in [0.25, 0.3) is 0 Å². The van der Waals surface area contributed by atoms with Crippen molar-refractivity contribution in [2.45, 2.75) is 38.8 Å². The molecule has 2 atom stereocenters. The fourth-order valence-electron chi connectivity index (χ4n) is 3.28. The van der Waals surface area contributed by atoms with Gasteiger partial charge in [-0.1, -0.05) is 60.5 Å². The van der Waals surface area contributed by atoms with Crippen molar-refractivity contribution in [3.05, 3.63) is 94.0 Å². The Morgan fingerprint density at radius 2 is 1.73 bits per heavy atom. The Labute approximate surface area is 226 Å². The molecule has 0 fully saturated rings. The summed E-state index contributed by atoms with van der Waals surface area (Å²) in [5.74, 6) is 0.139.